The van der Waals surface area contributed by atoms with Crippen molar-refractivity contribution in [3.8, 4) is 0 Å². The third-order valence-electron chi connectivity index (χ3n) is 4.31. The van der Waals surface area contributed by atoms with Crippen LogP contribution in [0.2, 0.25) is 0 Å². The lowest BCUT2D eigenvalue weighted by Crippen LogP contribution is -2.43. The lowest BCUT2D eigenvalue weighted by molar-refractivity contribution is 0.427. The average molecular weight is 269 g/mol. The first-order valence-corrected chi connectivity index (χ1v) is 7.55. The van der Waals surface area contributed by atoms with E-state index >= 15 is 0 Å². The molecule has 0 unspecified atom stereocenters. The van der Waals surface area contributed by atoms with Gasteiger partial charge in [0.2, 0.25) is 0 Å². The van der Waals surface area contributed by atoms with Crippen LogP contribution in [0.5, 0.6) is 0 Å². The molecule has 0 amide bonds. The molecule has 1 heterocycles. The van der Waals surface area contributed by atoms with Crippen LogP contribution in [-0.4, -0.2) is 15.3 Å². The molecule has 0 spiro atoms. The summed E-state index contributed by atoms with van der Waals surface area (Å²) in [4.78, 5) is 0. The van der Waals surface area contributed by atoms with Crippen molar-refractivity contribution in [2.24, 2.45) is 5.73 Å². The summed E-state index contributed by atoms with van der Waals surface area (Å²) < 4.78 is 2.11. The molecule has 0 fully saturated rings. The van der Waals surface area contributed by atoms with Crippen molar-refractivity contribution in [1.82, 2.24) is 9.78 Å². The number of aryl methyl sites for hydroxylation is 2. The van der Waals surface area contributed by atoms with Crippen LogP contribution < -0.4 is 5.73 Å². The summed E-state index contributed by atoms with van der Waals surface area (Å²) in [5.74, 6) is 0. The number of aromatic nitrogens is 2. The molecule has 1 aliphatic carbocycles. The van der Waals surface area contributed by atoms with Gasteiger partial charge in [-0.1, -0.05) is 31.2 Å². The maximum Gasteiger partial charge on any atom is 0.0624 e. The molecule has 1 aromatic heterocycles. The van der Waals surface area contributed by atoms with Crippen LogP contribution >= 0.6 is 0 Å². The molecule has 0 atom stereocenters. The summed E-state index contributed by atoms with van der Waals surface area (Å²) >= 11 is 0. The quantitative estimate of drug-likeness (QED) is 0.927. The highest BCUT2D eigenvalue weighted by molar-refractivity contribution is 5.37. The van der Waals surface area contributed by atoms with Crippen molar-refractivity contribution in [1.29, 1.82) is 0 Å². The lowest BCUT2D eigenvalue weighted by Gasteiger charge is -2.23. The van der Waals surface area contributed by atoms with E-state index in [9.17, 15) is 0 Å². The van der Waals surface area contributed by atoms with Crippen molar-refractivity contribution in [3.05, 3.63) is 52.8 Å². The van der Waals surface area contributed by atoms with Crippen LogP contribution in [0.1, 0.15) is 36.4 Å². The molecule has 3 heteroatoms. The van der Waals surface area contributed by atoms with Crippen molar-refractivity contribution < 1.29 is 0 Å². The summed E-state index contributed by atoms with van der Waals surface area (Å²) in [6.07, 6.45) is 3.83. The Morgan fingerprint density at radius 2 is 1.85 bits per heavy atom. The Morgan fingerprint density at radius 3 is 2.40 bits per heavy atom. The van der Waals surface area contributed by atoms with Gasteiger partial charge < -0.3 is 5.73 Å². The first-order valence-electron chi connectivity index (χ1n) is 7.55. The van der Waals surface area contributed by atoms with Crippen LogP contribution in [-0.2, 0) is 32.2 Å². The summed E-state index contributed by atoms with van der Waals surface area (Å²) in [5, 5.41) is 4.63. The van der Waals surface area contributed by atoms with E-state index in [4.69, 9.17) is 5.73 Å². The second-order valence-corrected chi connectivity index (χ2v) is 5.96. The molecule has 0 saturated carbocycles. The molecule has 2 aromatic rings. The molecule has 0 aliphatic heterocycles. The molecule has 0 bridgehead atoms. The molecule has 0 radical (unpaired) electrons. The standard InChI is InChI=1S/C17H23N3/c1-3-15-9-16(20(4-2)19-15)12-17(18)10-13-7-5-6-8-14(13)11-17/h5-9H,3-4,10-12,18H2,1-2H3. The van der Waals surface area contributed by atoms with E-state index in [-0.39, 0.29) is 5.54 Å². The van der Waals surface area contributed by atoms with E-state index < -0.39 is 0 Å². The lowest BCUT2D eigenvalue weighted by atomic mass is 9.91. The zero-order chi connectivity index (χ0) is 14.2. The Balaban J connectivity index is 1.84. The number of benzene rings is 1. The third kappa shape index (κ3) is 2.38. The molecule has 106 valence electrons. The van der Waals surface area contributed by atoms with Gasteiger partial charge in [0, 0.05) is 24.2 Å². The summed E-state index contributed by atoms with van der Waals surface area (Å²) in [6.45, 7) is 5.20. The van der Waals surface area contributed by atoms with Crippen LogP contribution in [0, 0.1) is 0 Å². The number of hydrogen-bond acceptors (Lipinski definition) is 2. The Bertz CT molecular complexity index is 587. The van der Waals surface area contributed by atoms with E-state index in [0.29, 0.717) is 0 Å². The minimum atomic E-state index is -0.151. The van der Waals surface area contributed by atoms with Gasteiger partial charge in [0.1, 0.15) is 0 Å². The van der Waals surface area contributed by atoms with Gasteiger partial charge in [0.15, 0.2) is 0 Å². The average Bonchev–Trinajstić information content (AvgIpc) is 2.98. The van der Waals surface area contributed by atoms with Crippen molar-refractivity contribution in [2.45, 2.75) is 51.6 Å². The molecule has 3 nitrogen and oxygen atoms in total. The highest BCUT2D eigenvalue weighted by Gasteiger charge is 2.34. The zero-order valence-electron chi connectivity index (χ0n) is 12.4. The normalized spacial score (nSPS) is 16.4. The molecule has 20 heavy (non-hydrogen) atoms. The monoisotopic (exact) mass is 269 g/mol. The third-order valence-corrected chi connectivity index (χ3v) is 4.31. The zero-order valence-corrected chi connectivity index (χ0v) is 12.4. The number of nitrogens with zero attached hydrogens (tertiary/aromatic N) is 2. The van der Waals surface area contributed by atoms with Crippen LogP contribution in [0.4, 0.5) is 0 Å². The minimum Gasteiger partial charge on any atom is -0.324 e. The Kier molecular flexibility index (Phi) is 3.38. The van der Waals surface area contributed by atoms with Gasteiger partial charge in [0.25, 0.3) is 0 Å². The second kappa shape index (κ2) is 5.06. The Hall–Kier alpha value is -1.61. The minimum absolute atomic E-state index is 0.151. The van der Waals surface area contributed by atoms with Gasteiger partial charge >= 0.3 is 0 Å². The van der Waals surface area contributed by atoms with E-state index in [0.717, 1.165) is 32.2 Å². The van der Waals surface area contributed by atoms with Crippen molar-refractivity contribution >= 4 is 0 Å². The van der Waals surface area contributed by atoms with E-state index in [1.807, 2.05) is 0 Å². The Morgan fingerprint density at radius 1 is 1.20 bits per heavy atom. The largest absolute Gasteiger partial charge is 0.324 e. The molecule has 3 rings (SSSR count). The molecular weight excluding hydrogens is 246 g/mol. The Labute approximate surface area is 120 Å². The number of hydrogen-bond donors (Lipinski definition) is 1. The van der Waals surface area contributed by atoms with Crippen molar-refractivity contribution in [2.75, 3.05) is 0 Å². The topological polar surface area (TPSA) is 43.8 Å². The summed E-state index contributed by atoms with van der Waals surface area (Å²) in [7, 11) is 0. The number of nitrogens with two attached hydrogens (primary N) is 1. The number of rotatable bonds is 4. The van der Waals surface area contributed by atoms with Crippen LogP contribution in [0.15, 0.2) is 30.3 Å². The van der Waals surface area contributed by atoms with Gasteiger partial charge in [-0.3, -0.25) is 4.68 Å². The maximum atomic E-state index is 6.67. The highest BCUT2D eigenvalue weighted by Crippen LogP contribution is 2.31. The van der Waals surface area contributed by atoms with Gasteiger partial charge in [0.05, 0.1) is 5.69 Å². The van der Waals surface area contributed by atoms with Crippen LogP contribution in [0.3, 0.4) is 0 Å². The summed E-state index contributed by atoms with van der Waals surface area (Å²) in [6, 6.07) is 10.9. The van der Waals surface area contributed by atoms with E-state index in [1.54, 1.807) is 0 Å². The van der Waals surface area contributed by atoms with Gasteiger partial charge in [-0.15, -0.1) is 0 Å². The fourth-order valence-electron chi connectivity index (χ4n) is 3.31. The molecule has 0 saturated heterocycles. The maximum absolute atomic E-state index is 6.67. The second-order valence-electron chi connectivity index (χ2n) is 5.96. The SMILES string of the molecule is CCc1cc(CC2(N)Cc3ccccc3C2)n(CC)n1. The molecule has 1 aromatic carbocycles. The van der Waals surface area contributed by atoms with Gasteiger partial charge in [-0.2, -0.15) is 5.10 Å². The van der Waals surface area contributed by atoms with Gasteiger partial charge in [-0.05, 0) is 43.4 Å². The van der Waals surface area contributed by atoms with E-state index in [2.05, 4.69) is 54.0 Å². The fraction of sp³-hybridized carbons (Fsp3) is 0.471. The number of fused-ring (bicyclic) bond motifs is 1. The smallest absolute Gasteiger partial charge is 0.0624 e. The first-order chi connectivity index (χ1) is 9.63. The summed E-state index contributed by atoms with van der Waals surface area (Å²) in [5.41, 5.74) is 11.8. The first kappa shape index (κ1) is 13.4. The molecule has 1 aliphatic rings. The van der Waals surface area contributed by atoms with Gasteiger partial charge in [-0.25, -0.2) is 0 Å². The molecular formula is C17H23N3. The highest BCUT2D eigenvalue weighted by atomic mass is 15.3. The predicted octanol–water partition coefficient (Wildman–Crippen LogP) is 2.50. The van der Waals surface area contributed by atoms with E-state index in [1.165, 1.54) is 22.5 Å². The van der Waals surface area contributed by atoms with Crippen LogP contribution in [0.25, 0.3) is 0 Å². The molecule has 2 N–H and O–H groups in total. The van der Waals surface area contributed by atoms with Crippen molar-refractivity contribution in [3.63, 3.8) is 0 Å². The fourth-order valence-corrected chi connectivity index (χ4v) is 3.31. The predicted molar refractivity (Wildman–Crippen MR) is 81.8 cm³/mol.